The van der Waals surface area contributed by atoms with Crippen LogP contribution < -0.4 is 0 Å². The number of carbonyl (C=O) groups is 2. The molecule has 4 heteroatoms. The molecule has 0 unspecified atom stereocenters. The zero-order valence-corrected chi connectivity index (χ0v) is 9.51. The van der Waals surface area contributed by atoms with Crippen LogP contribution in [0.3, 0.4) is 0 Å². The van der Waals surface area contributed by atoms with Gasteiger partial charge in [-0.3, -0.25) is 9.59 Å². The molecular formula is C9H5O3W-. The molecule has 1 aliphatic heterocycles. The Morgan fingerprint density at radius 2 is 2.15 bits per heavy atom. The van der Waals surface area contributed by atoms with Crippen molar-refractivity contribution in [3.63, 3.8) is 0 Å². The van der Waals surface area contributed by atoms with Crippen molar-refractivity contribution in [2.75, 3.05) is 0 Å². The van der Waals surface area contributed by atoms with Gasteiger partial charge in [0.2, 0.25) is 0 Å². The quantitative estimate of drug-likeness (QED) is 0.396. The summed E-state index contributed by atoms with van der Waals surface area (Å²) in [5.41, 5.74) is 1.16. The summed E-state index contributed by atoms with van der Waals surface area (Å²) in [7, 11) is 0. The van der Waals surface area contributed by atoms with Crippen LogP contribution in [0.2, 0.25) is 0 Å². The molecule has 0 aromatic heterocycles. The third kappa shape index (κ3) is 1.86. The molecule has 0 radical (unpaired) electrons. The van der Waals surface area contributed by atoms with Gasteiger partial charge in [0.1, 0.15) is 0 Å². The Hall–Kier alpha value is -0.952. The minimum absolute atomic E-state index is 0. The molecule has 0 amide bonds. The molecule has 66 valence electrons. The maximum absolute atomic E-state index is 11.0. The van der Waals surface area contributed by atoms with Crippen LogP contribution in [0, 0.1) is 6.07 Å². The molecular weight excluding hydrogens is 340 g/mol. The largest absolute Gasteiger partial charge is 0.399 e. The number of carbonyl (C=O) groups excluding carboxylic acids is 2. The molecule has 1 aromatic carbocycles. The molecule has 2 rings (SSSR count). The number of cyclic esters (lactones) is 2. The molecule has 0 aliphatic carbocycles. The smallest absolute Gasteiger partial charge is 0.315 e. The third-order valence-electron chi connectivity index (χ3n) is 1.72. The summed E-state index contributed by atoms with van der Waals surface area (Å²) in [6.45, 7) is 0. The third-order valence-corrected chi connectivity index (χ3v) is 1.72. The van der Waals surface area contributed by atoms with Gasteiger partial charge >= 0.3 is 5.97 Å². The minimum Gasteiger partial charge on any atom is -0.399 e. The molecule has 0 bridgehead atoms. The Morgan fingerprint density at radius 1 is 1.38 bits per heavy atom. The monoisotopic (exact) mass is 345 g/mol. The van der Waals surface area contributed by atoms with E-state index in [-0.39, 0.29) is 27.5 Å². The first kappa shape index (κ1) is 10.1. The topological polar surface area (TPSA) is 43.4 Å². The fourth-order valence-corrected chi connectivity index (χ4v) is 1.16. The number of fused-ring (bicyclic) bond motifs is 1. The van der Waals surface area contributed by atoms with Crippen LogP contribution in [-0.4, -0.2) is 11.9 Å². The van der Waals surface area contributed by atoms with Gasteiger partial charge in [0.15, 0.2) is 0 Å². The summed E-state index contributed by atoms with van der Waals surface area (Å²) in [6, 6.07) is 7.66. The van der Waals surface area contributed by atoms with Crippen molar-refractivity contribution in [1.82, 2.24) is 0 Å². The first-order valence-electron chi connectivity index (χ1n) is 3.51. The minimum atomic E-state index is -0.571. The average molecular weight is 345 g/mol. The average Bonchev–Trinajstić information content (AvgIpc) is 2.04. The molecule has 0 saturated heterocycles. The maximum atomic E-state index is 11.0. The summed E-state index contributed by atoms with van der Waals surface area (Å²) in [6.07, 6.45) is 0.176. The van der Waals surface area contributed by atoms with Gasteiger partial charge in [-0.15, -0.1) is 5.56 Å². The Balaban J connectivity index is 0.000000845. The molecule has 0 atom stereocenters. The van der Waals surface area contributed by atoms with Gasteiger partial charge in [0.25, 0.3) is 5.97 Å². The molecule has 1 aliphatic rings. The Morgan fingerprint density at radius 3 is 2.92 bits per heavy atom. The Labute approximate surface area is 89.3 Å². The van der Waals surface area contributed by atoms with E-state index in [2.05, 4.69) is 10.8 Å². The van der Waals surface area contributed by atoms with E-state index in [0.29, 0.717) is 5.56 Å². The van der Waals surface area contributed by atoms with Crippen molar-refractivity contribution in [1.29, 1.82) is 0 Å². The molecule has 13 heavy (non-hydrogen) atoms. The predicted molar refractivity (Wildman–Crippen MR) is 39.4 cm³/mol. The number of hydrogen-bond donors (Lipinski definition) is 0. The van der Waals surface area contributed by atoms with E-state index < -0.39 is 11.9 Å². The number of esters is 2. The van der Waals surface area contributed by atoms with Crippen LogP contribution in [0.5, 0.6) is 0 Å². The van der Waals surface area contributed by atoms with Crippen LogP contribution in [0.4, 0.5) is 0 Å². The van der Waals surface area contributed by atoms with E-state index in [1.807, 2.05) is 0 Å². The van der Waals surface area contributed by atoms with Crippen molar-refractivity contribution >= 4 is 11.9 Å². The number of benzene rings is 1. The van der Waals surface area contributed by atoms with Crippen LogP contribution >= 0.6 is 0 Å². The van der Waals surface area contributed by atoms with E-state index >= 15 is 0 Å². The summed E-state index contributed by atoms with van der Waals surface area (Å²) >= 11 is 0. The van der Waals surface area contributed by atoms with E-state index in [4.69, 9.17) is 0 Å². The maximum Gasteiger partial charge on any atom is 0.315 e. The number of rotatable bonds is 0. The van der Waals surface area contributed by atoms with Gasteiger partial charge in [-0.1, -0.05) is 0 Å². The van der Waals surface area contributed by atoms with Crippen LogP contribution in [0.25, 0.3) is 0 Å². The zero-order valence-electron chi connectivity index (χ0n) is 6.57. The van der Waals surface area contributed by atoms with E-state index in [1.165, 1.54) is 6.07 Å². The molecule has 1 aromatic rings. The van der Waals surface area contributed by atoms with Gasteiger partial charge in [0, 0.05) is 27.5 Å². The van der Waals surface area contributed by atoms with Crippen molar-refractivity contribution in [3.05, 3.63) is 35.4 Å². The first-order chi connectivity index (χ1) is 5.77. The molecule has 0 spiro atoms. The van der Waals surface area contributed by atoms with E-state index in [9.17, 15) is 9.59 Å². The van der Waals surface area contributed by atoms with E-state index in [0.717, 1.165) is 5.56 Å². The molecule has 0 N–H and O–H groups in total. The summed E-state index contributed by atoms with van der Waals surface area (Å²) in [5.74, 6) is -1.06. The van der Waals surface area contributed by atoms with Crippen LogP contribution in [-0.2, 0) is 37.0 Å². The van der Waals surface area contributed by atoms with Gasteiger partial charge in [-0.25, -0.2) is 0 Å². The Kier molecular flexibility index (Phi) is 2.99. The number of hydrogen-bond acceptors (Lipinski definition) is 3. The van der Waals surface area contributed by atoms with Gasteiger partial charge in [-0.05, 0) is 5.56 Å². The fraction of sp³-hybridized carbons (Fsp3) is 0.111. The second-order valence-electron chi connectivity index (χ2n) is 2.52. The Bertz CT molecular complexity index is 360. The summed E-state index contributed by atoms with van der Waals surface area (Å²) < 4.78 is 4.41. The second kappa shape index (κ2) is 3.84. The van der Waals surface area contributed by atoms with Gasteiger partial charge in [-0.2, -0.15) is 24.3 Å². The SMILES string of the molecule is O=C1Cc2cc[c-]cc2C(=O)O1.[W]. The predicted octanol–water partition coefficient (Wildman–Crippen LogP) is 0.724. The van der Waals surface area contributed by atoms with Gasteiger partial charge < -0.3 is 4.74 Å². The summed E-state index contributed by atoms with van der Waals surface area (Å²) in [5, 5.41) is 0. The zero-order chi connectivity index (χ0) is 8.55. The van der Waals surface area contributed by atoms with Crippen molar-refractivity contribution in [2.24, 2.45) is 0 Å². The van der Waals surface area contributed by atoms with Crippen molar-refractivity contribution in [2.45, 2.75) is 6.42 Å². The second-order valence-corrected chi connectivity index (χ2v) is 2.52. The van der Waals surface area contributed by atoms with Gasteiger partial charge in [0.05, 0.1) is 0 Å². The van der Waals surface area contributed by atoms with Crippen molar-refractivity contribution in [3.8, 4) is 0 Å². The molecule has 0 saturated carbocycles. The summed E-state index contributed by atoms with van der Waals surface area (Å²) in [4.78, 5) is 21.8. The fourth-order valence-electron chi connectivity index (χ4n) is 1.16. The molecule has 1 heterocycles. The molecule has 0 fully saturated rings. The number of ether oxygens (including phenoxy) is 1. The standard InChI is InChI=1S/C9H5O3.W/c10-8-5-6-3-1-2-4-7(6)9(11)12-8;/h1,3-4H,5H2;/q-1;. The normalized spacial score (nSPS) is 14.2. The van der Waals surface area contributed by atoms with Crippen LogP contribution in [0.1, 0.15) is 15.9 Å². The van der Waals surface area contributed by atoms with Crippen LogP contribution in [0.15, 0.2) is 18.2 Å². The van der Waals surface area contributed by atoms with Crippen molar-refractivity contribution < 1.29 is 35.4 Å². The van der Waals surface area contributed by atoms with E-state index in [1.54, 1.807) is 12.1 Å². The molecule has 3 nitrogen and oxygen atoms in total. The first-order valence-corrected chi connectivity index (χ1v) is 3.51.